The average Bonchev–Trinajstić information content (AvgIpc) is 3.17. The van der Waals surface area contributed by atoms with Crippen molar-refractivity contribution in [1.29, 1.82) is 0 Å². The summed E-state index contributed by atoms with van der Waals surface area (Å²) in [7, 11) is 0. The predicted molar refractivity (Wildman–Crippen MR) is 131 cm³/mol. The van der Waals surface area contributed by atoms with Crippen LogP contribution in [0.2, 0.25) is 0 Å². The number of benzene rings is 1. The summed E-state index contributed by atoms with van der Waals surface area (Å²) >= 11 is 1.76. The van der Waals surface area contributed by atoms with Gasteiger partial charge in [-0.2, -0.15) is 0 Å². The highest BCUT2D eigenvalue weighted by Crippen LogP contribution is 2.33. The molecule has 2 aliphatic heterocycles. The Hall–Kier alpha value is -1.66. The number of amides is 1. The maximum Gasteiger partial charge on any atom is 0.224 e. The fourth-order valence-corrected chi connectivity index (χ4v) is 6.57. The van der Waals surface area contributed by atoms with E-state index in [-0.39, 0.29) is 11.8 Å². The summed E-state index contributed by atoms with van der Waals surface area (Å²) in [4.78, 5) is 22.7. The third-order valence-electron chi connectivity index (χ3n) is 7.15. The lowest BCUT2D eigenvalue weighted by Crippen LogP contribution is -2.46. The van der Waals surface area contributed by atoms with Crippen LogP contribution in [0.15, 0.2) is 12.1 Å². The van der Waals surface area contributed by atoms with E-state index in [4.69, 9.17) is 4.98 Å². The number of nitrogens with zero attached hydrogens (tertiary/aromatic N) is 3. The summed E-state index contributed by atoms with van der Waals surface area (Å²) in [6.07, 6.45) is 7.02. The molecule has 2 aliphatic rings. The van der Waals surface area contributed by atoms with Crippen molar-refractivity contribution in [3.05, 3.63) is 23.3 Å². The van der Waals surface area contributed by atoms with Gasteiger partial charge in [0.05, 0.1) is 16.1 Å². The van der Waals surface area contributed by atoms with Crippen molar-refractivity contribution >= 4 is 32.6 Å². The van der Waals surface area contributed by atoms with E-state index in [0.717, 1.165) is 56.1 Å². The number of anilines is 1. The van der Waals surface area contributed by atoms with Crippen molar-refractivity contribution in [2.45, 2.75) is 78.3 Å². The van der Waals surface area contributed by atoms with Gasteiger partial charge in [-0.3, -0.25) is 9.69 Å². The number of carbonyl (C=O) groups is 1. The van der Waals surface area contributed by atoms with Crippen LogP contribution in [-0.2, 0) is 4.79 Å². The number of hydrogen-bond donors (Lipinski definition) is 1. The van der Waals surface area contributed by atoms with E-state index in [0.29, 0.717) is 12.1 Å². The smallest absolute Gasteiger partial charge is 0.224 e. The number of fused-ring (bicyclic) bond motifs is 1. The lowest BCUT2D eigenvalue weighted by Gasteiger charge is -2.39. The lowest BCUT2D eigenvalue weighted by molar-refractivity contribution is -0.125. The second-order valence-electron chi connectivity index (χ2n) is 9.72. The van der Waals surface area contributed by atoms with Crippen LogP contribution in [0.25, 0.3) is 10.2 Å². The standard InChI is InChI=1S/C25H38N4OS/c1-17-14-18(2)23-22(15-17)31-25(27-23)28-12-6-10-21(16-28)24(30)26-11-7-13-29-19(3)8-5-9-20(29)4/h14-15,19-21H,5-13,16H2,1-4H3,(H,26,30). The number of hydrogen-bond acceptors (Lipinski definition) is 5. The molecule has 2 saturated heterocycles. The van der Waals surface area contributed by atoms with Gasteiger partial charge in [-0.1, -0.05) is 23.8 Å². The summed E-state index contributed by atoms with van der Waals surface area (Å²) in [6.45, 7) is 12.6. The Morgan fingerprint density at radius 1 is 1.16 bits per heavy atom. The second-order valence-corrected chi connectivity index (χ2v) is 10.7. The summed E-state index contributed by atoms with van der Waals surface area (Å²) in [6, 6.07) is 5.77. The van der Waals surface area contributed by atoms with Crippen LogP contribution >= 0.6 is 11.3 Å². The summed E-state index contributed by atoms with van der Waals surface area (Å²) in [5.41, 5.74) is 3.63. The number of aromatic nitrogens is 1. The first-order chi connectivity index (χ1) is 14.9. The molecule has 1 aromatic heterocycles. The Balaban J connectivity index is 1.29. The summed E-state index contributed by atoms with van der Waals surface area (Å²) < 4.78 is 1.25. The van der Waals surface area contributed by atoms with Gasteiger partial charge in [0, 0.05) is 38.3 Å². The third-order valence-corrected chi connectivity index (χ3v) is 8.21. The Morgan fingerprint density at radius 2 is 1.94 bits per heavy atom. The van der Waals surface area contributed by atoms with Crippen LogP contribution in [-0.4, -0.2) is 54.1 Å². The highest BCUT2D eigenvalue weighted by atomic mass is 32.1. The fourth-order valence-electron chi connectivity index (χ4n) is 5.39. The van der Waals surface area contributed by atoms with Gasteiger partial charge in [0.2, 0.25) is 5.91 Å². The van der Waals surface area contributed by atoms with Gasteiger partial charge in [0.15, 0.2) is 5.13 Å². The Bertz CT molecular complexity index is 900. The van der Waals surface area contributed by atoms with Crippen molar-refractivity contribution in [1.82, 2.24) is 15.2 Å². The number of aryl methyl sites for hydroxylation is 2. The summed E-state index contributed by atoms with van der Waals surface area (Å²) in [5, 5.41) is 4.29. The van der Waals surface area contributed by atoms with Crippen molar-refractivity contribution in [2.75, 3.05) is 31.1 Å². The topological polar surface area (TPSA) is 48.5 Å². The van der Waals surface area contributed by atoms with Crippen molar-refractivity contribution in [3.63, 3.8) is 0 Å². The maximum atomic E-state index is 12.9. The van der Waals surface area contributed by atoms with Gasteiger partial charge in [-0.25, -0.2) is 4.98 Å². The van der Waals surface area contributed by atoms with E-state index in [1.165, 1.54) is 35.1 Å². The summed E-state index contributed by atoms with van der Waals surface area (Å²) in [5.74, 6) is 0.286. The van der Waals surface area contributed by atoms with E-state index in [9.17, 15) is 4.79 Å². The van der Waals surface area contributed by atoms with Crippen LogP contribution in [0.1, 0.15) is 63.5 Å². The minimum atomic E-state index is 0.0661. The van der Waals surface area contributed by atoms with Crippen molar-refractivity contribution < 1.29 is 4.79 Å². The first-order valence-corrected chi connectivity index (χ1v) is 12.9. The van der Waals surface area contributed by atoms with E-state index in [1.54, 1.807) is 11.3 Å². The molecule has 1 aromatic carbocycles. The Labute approximate surface area is 191 Å². The molecule has 2 fully saturated rings. The van der Waals surface area contributed by atoms with Gasteiger partial charge < -0.3 is 10.2 Å². The van der Waals surface area contributed by atoms with E-state index < -0.39 is 0 Å². The van der Waals surface area contributed by atoms with Gasteiger partial charge in [0.1, 0.15) is 0 Å². The molecular weight excluding hydrogens is 404 g/mol. The highest BCUT2D eigenvalue weighted by molar-refractivity contribution is 7.22. The normalized spacial score (nSPS) is 25.2. The Kier molecular flexibility index (Phi) is 7.17. The van der Waals surface area contributed by atoms with Gasteiger partial charge in [-0.15, -0.1) is 0 Å². The van der Waals surface area contributed by atoms with Gasteiger partial charge in [-0.05, 0) is 77.0 Å². The largest absolute Gasteiger partial charge is 0.356 e. The molecule has 4 rings (SSSR count). The molecule has 0 aliphatic carbocycles. The molecule has 0 spiro atoms. The zero-order valence-corrected chi connectivity index (χ0v) is 20.4. The number of piperidine rings is 2. The highest BCUT2D eigenvalue weighted by Gasteiger charge is 2.28. The van der Waals surface area contributed by atoms with Crippen molar-refractivity contribution in [2.24, 2.45) is 5.92 Å². The van der Waals surface area contributed by atoms with Crippen LogP contribution in [0, 0.1) is 19.8 Å². The van der Waals surface area contributed by atoms with E-state index in [2.05, 4.69) is 54.9 Å². The van der Waals surface area contributed by atoms with Crippen LogP contribution < -0.4 is 10.2 Å². The molecular formula is C25H38N4OS. The van der Waals surface area contributed by atoms with Crippen molar-refractivity contribution in [3.8, 4) is 0 Å². The fraction of sp³-hybridized carbons (Fsp3) is 0.680. The molecule has 31 heavy (non-hydrogen) atoms. The first kappa shape index (κ1) is 22.5. The molecule has 3 unspecified atom stereocenters. The number of carbonyl (C=O) groups excluding carboxylic acids is 1. The molecule has 0 bridgehead atoms. The predicted octanol–water partition coefficient (Wildman–Crippen LogP) is 4.90. The monoisotopic (exact) mass is 442 g/mol. The molecule has 5 nitrogen and oxygen atoms in total. The molecule has 3 heterocycles. The van der Waals surface area contributed by atoms with Crippen LogP contribution in [0.3, 0.4) is 0 Å². The van der Waals surface area contributed by atoms with Gasteiger partial charge in [0.25, 0.3) is 0 Å². The molecule has 3 atom stereocenters. The molecule has 6 heteroatoms. The molecule has 0 saturated carbocycles. The minimum absolute atomic E-state index is 0.0661. The quantitative estimate of drug-likeness (QED) is 0.647. The molecule has 1 amide bonds. The third kappa shape index (κ3) is 5.23. The molecule has 2 aromatic rings. The second kappa shape index (κ2) is 9.86. The maximum absolute atomic E-state index is 12.9. The Morgan fingerprint density at radius 3 is 2.71 bits per heavy atom. The first-order valence-electron chi connectivity index (χ1n) is 12.1. The van der Waals surface area contributed by atoms with E-state index in [1.807, 2.05) is 0 Å². The average molecular weight is 443 g/mol. The number of likely N-dealkylation sites (tertiary alicyclic amines) is 1. The zero-order chi connectivity index (χ0) is 22.0. The molecule has 170 valence electrons. The minimum Gasteiger partial charge on any atom is -0.356 e. The zero-order valence-electron chi connectivity index (χ0n) is 19.6. The molecule has 1 N–H and O–H groups in total. The molecule has 0 radical (unpaired) electrons. The van der Waals surface area contributed by atoms with Crippen LogP contribution in [0.4, 0.5) is 5.13 Å². The SMILES string of the molecule is Cc1cc(C)c2nc(N3CCCC(C(=O)NCCCN4C(C)CCCC4C)C3)sc2c1. The van der Waals surface area contributed by atoms with Crippen LogP contribution in [0.5, 0.6) is 0 Å². The number of nitrogens with one attached hydrogen (secondary N) is 1. The number of rotatable bonds is 6. The lowest BCUT2D eigenvalue weighted by atomic mass is 9.97. The van der Waals surface area contributed by atoms with Gasteiger partial charge >= 0.3 is 0 Å². The number of thiazole rings is 1. The van der Waals surface area contributed by atoms with E-state index >= 15 is 0 Å².